The maximum Gasteiger partial charge on any atom is 0.132 e. The summed E-state index contributed by atoms with van der Waals surface area (Å²) >= 11 is 0. The lowest BCUT2D eigenvalue weighted by atomic mass is 10.1. The summed E-state index contributed by atoms with van der Waals surface area (Å²) in [7, 11) is 2.10. The molecule has 1 aliphatic heterocycles. The van der Waals surface area contributed by atoms with Gasteiger partial charge in [-0.3, -0.25) is 4.90 Å². The van der Waals surface area contributed by atoms with E-state index < -0.39 is 0 Å². The molecule has 0 spiro atoms. The Hall–Kier alpha value is -2.27. The Bertz CT molecular complexity index is 838. The number of benzene rings is 1. The summed E-state index contributed by atoms with van der Waals surface area (Å²) in [6, 6.07) is 10.3. The predicted molar refractivity (Wildman–Crippen MR) is 90.1 cm³/mol. The van der Waals surface area contributed by atoms with Crippen LogP contribution in [-0.4, -0.2) is 37.5 Å². The molecule has 23 heavy (non-hydrogen) atoms. The first kappa shape index (κ1) is 14.3. The van der Waals surface area contributed by atoms with Crippen molar-refractivity contribution in [1.82, 2.24) is 24.4 Å². The van der Waals surface area contributed by atoms with Crippen LogP contribution in [0.1, 0.15) is 29.7 Å². The molecule has 0 unspecified atom stereocenters. The Morgan fingerprint density at radius 2 is 2.04 bits per heavy atom. The summed E-state index contributed by atoms with van der Waals surface area (Å²) in [6.07, 6.45) is 2.99. The summed E-state index contributed by atoms with van der Waals surface area (Å²) in [5.41, 5.74) is 3.31. The van der Waals surface area contributed by atoms with Crippen molar-refractivity contribution in [2.75, 3.05) is 13.1 Å². The highest BCUT2D eigenvalue weighted by molar-refractivity contribution is 5.75. The van der Waals surface area contributed by atoms with Crippen molar-refractivity contribution in [3.8, 4) is 0 Å². The van der Waals surface area contributed by atoms with Gasteiger partial charge in [-0.1, -0.05) is 12.1 Å². The van der Waals surface area contributed by atoms with E-state index in [1.54, 1.807) is 0 Å². The second-order valence-electron chi connectivity index (χ2n) is 6.35. The molecule has 0 amide bonds. The fourth-order valence-electron chi connectivity index (χ4n) is 3.39. The first-order valence-corrected chi connectivity index (χ1v) is 8.13. The van der Waals surface area contributed by atoms with Crippen LogP contribution in [0, 0.1) is 6.92 Å². The van der Waals surface area contributed by atoms with E-state index in [1.165, 1.54) is 5.52 Å². The number of nitrogens with zero attached hydrogens (tertiary/aromatic N) is 5. The molecule has 3 heterocycles. The molecule has 0 radical (unpaired) electrons. The Kier molecular flexibility index (Phi) is 3.58. The molecule has 0 aliphatic carbocycles. The standard InChI is InChI=1S/C18H21N5/c1-13-7-9-19-18(20-13)14-8-10-23(11-14)12-17-21-15-5-3-4-6-16(15)22(17)2/h3-7,9,14H,8,10-12H2,1-2H3/t14-/m1/s1. The van der Waals surface area contributed by atoms with Crippen LogP contribution in [-0.2, 0) is 13.6 Å². The van der Waals surface area contributed by atoms with Crippen LogP contribution >= 0.6 is 0 Å². The Labute approximate surface area is 136 Å². The van der Waals surface area contributed by atoms with Gasteiger partial charge >= 0.3 is 0 Å². The van der Waals surface area contributed by atoms with Gasteiger partial charge in [0.15, 0.2) is 0 Å². The minimum Gasteiger partial charge on any atom is -0.330 e. The number of hydrogen-bond acceptors (Lipinski definition) is 4. The third kappa shape index (κ3) is 2.72. The maximum absolute atomic E-state index is 4.78. The summed E-state index contributed by atoms with van der Waals surface area (Å²) in [4.78, 5) is 16.3. The van der Waals surface area contributed by atoms with Crippen LogP contribution in [0.5, 0.6) is 0 Å². The number of imidazole rings is 1. The minimum atomic E-state index is 0.435. The van der Waals surface area contributed by atoms with Gasteiger partial charge in [-0.05, 0) is 38.1 Å². The van der Waals surface area contributed by atoms with E-state index in [1.807, 2.05) is 25.3 Å². The predicted octanol–water partition coefficient (Wildman–Crippen LogP) is 2.66. The van der Waals surface area contributed by atoms with Gasteiger partial charge in [-0.2, -0.15) is 0 Å². The van der Waals surface area contributed by atoms with Gasteiger partial charge in [-0.25, -0.2) is 15.0 Å². The normalized spacial score (nSPS) is 18.8. The number of likely N-dealkylation sites (tertiary alicyclic amines) is 1. The second-order valence-corrected chi connectivity index (χ2v) is 6.35. The molecule has 0 bridgehead atoms. The smallest absolute Gasteiger partial charge is 0.132 e. The van der Waals surface area contributed by atoms with Crippen LogP contribution in [0.3, 0.4) is 0 Å². The number of aryl methyl sites for hydroxylation is 2. The van der Waals surface area contributed by atoms with E-state index in [2.05, 4.69) is 44.7 Å². The van der Waals surface area contributed by atoms with E-state index in [0.717, 1.165) is 48.9 Å². The van der Waals surface area contributed by atoms with Crippen molar-refractivity contribution in [3.05, 3.63) is 53.9 Å². The lowest BCUT2D eigenvalue weighted by molar-refractivity contribution is 0.314. The molecule has 0 N–H and O–H groups in total. The first-order chi connectivity index (χ1) is 11.2. The fourth-order valence-corrected chi connectivity index (χ4v) is 3.39. The van der Waals surface area contributed by atoms with Gasteiger partial charge in [0.2, 0.25) is 0 Å². The van der Waals surface area contributed by atoms with Crippen LogP contribution in [0.25, 0.3) is 11.0 Å². The Morgan fingerprint density at radius 1 is 1.17 bits per heavy atom. The average molecular weight is 307 g/mol. The molecule has 4 rings (SSSR count). The van der Waals surface area contributed by atoms with Gasteiger partial charge in [0.05, 0.1) is 17.6 Å². The second kappa shape index (κ2) is 5.74. The van der Waals surface area contributed by atoms with Gasteiger partial charge in [-0.15, -0.1) is 0 Å². The van der Waals surface area contributed by atoms with Crippen LogP contribution in [0.2, 0.25) is 0 Å². The first-order valence-electron chi connectivity index (χ1n) is 8.13. The summed E-state index contributed by atoms with van der Waals surface area (Å²) in [5, 5.41) is 0. The number of para-hydroxylation sites is 2. The van der Waals surface area contributed by atoms with Crippen LogP contribution in [0.15, 0.2) is 36.5 Å². The molecule has 3 aromatic rings. The Morgan fingerprint density at radius 3 is 2.87 bits per heavy atom. The Balaban J connectivity index is 1.50. The molecule has 1 aromatic carbocycles. The molecule has 118 valence electrons. The number of rotatable bonds is 3. The monoisotopic (exact) mass is 307 g/mol. The summed E-state index contributed by atoms with van der Waals surface area (Å²) < 4.78 is 2.20. The molecule has 1 aliphatic rings. The van der Waals surface area contributed by atoms with Crippen LogP contribution in [0.4, 0.5) is 0 Å². The maximum atomic E-state index is 4.78. The zero-order valence-electron chi connectivity index (χ0n) is 13.6. The zero-order valence-corrected chi connectivity index (χ0v) is 13.6. The number of fused-ring (bicyclic) bond motifs is 1. The lowest BCUT2D eigenvalue weighted by Crippen LogP contribution is -2.22. The molecule has 5 nitrogen and oxygen atoms in total. The van der Waals surface area contributed by atoms with Crippen molar-refractivity contribution in [2.24, 2.45) is 7.05 Å². The van der Waals surface area contributed by atoms with Crippen molar-refractivity contribution >= 4 is 11.0 Å². The molecular formula is C18H21N5. The molecular weight excluding hydrogens is 286 g/mol. The van der Waals surface area contributed by atoms with Crippen molar-refractivity contribution < 1.29 is 0 Å². The number of hydrogen-bond donors (Lipinski definition) is 0. The lowest BCUT2D eigenvalue weighted by Gasteiger charge is -2.15. The van der Waals surface area contributed by atoms with Gasteiger partial charge in [0.25, 0.3) is 0 Å². The highest BCUT2D eigenvalue weighted by Gasteiger charge is 2.27. The van der Waals surface area contributed by atoms with Crippen molar-refractivity contribution in [3.63, 3.8) is 0 Å². The topological polar surface area (TPSA) is 46.8 Å². The number of aromatic nitrogens is 4. The largest absolute Gasteiger partial charge is 0.330 e. The van der Waals surface area contributed by atoms with Crippen molar-refractivity contribution in [2.45, 2.75) is 25.8 Å². The van der Waals surface area contributed by atoms with Gasteiger partial charge < -0.3 is 4.57 Å². The van der Waals surface area contributed by atoms with Crippen LogP contribution < -0.4 is 0 Å². The zero-order chi connectivity index (χ0) is 15.8. The van der Waals surface area contributed by atoms with Crippen molar-refractivity contribution in [1.29, 1.82) is 0 Å². The molecule has 1 atom stereocenters. The minimum absolute atomic E-state index is 0.435. The summed E-state index contributed by atoms with van der Waals surface area (Å²) in [5.74, 6) is 2.54. The summed E-state index contributed by atoms with van der Waals surface area (Å²) in [6.45, 7) is 4.99. The van der Waals surface area contributed by atoms with E-state index in [0.29, 0.717) is 5.92 Å². The highest BCUT2D eigenvalue weighted by atomic mass is 15.2. The molecule has 1 saturated heterocycles. The van der Waals surface area contributed by atoms with E-state index >= 15 is 0 Å². The molecule has 0 saturated carbocycles. The average Bonchev–Trinajstić information content (AvgIpc) is 3.14. The molecule has 5 heteroatoms. The SMILES string of the molecule is Cc1ccnc([C@@H]2CCN(Cc3nc4ccccc4n3C)C2)n1. The fraction of sp³-hybridized carbons (Fsp3) is 0.389. The van der Waals surface area contributed by atoms with Gasteiger partial charge in [0.1, 0.15) is 11.6 Å². The highest BCUT2D eigenvalue weighted by Crippen LogP contribution is 2.26. The molecule has 2 aromatic heterocycles. The van der Waals surface area contributed by atoms with Gasteiger partial charge in [0, 0.05) is 31.4 Å². The third-order valence-corrected chi connectivity index (χ3v) is 4.70. The molecule has 1 fully saturated rings. The third-order valence-electron chi connectivity index (χ3n) is 4.70. The van der Waals surface area contributed by atoms with E-state index in [9.17, 15) is 0 Å². The quantitative estimate of drug-likeness (QED) is 0.746. The van der Waals surface area contributed by atoms with E-state index in [-0.39, 0.29) is 0 Å². The van der Waals surface area contributed by atoms with E-state index in [4.69, 9.17) is 4.98 Å².